The quantitative estimate of drug-likeness (QED) is 0.717. The van der Waals surface area contributed by atoms with E-state index in [4.69, 9.17) is 10.5 Å². The van der Waals surface area contributed by atoms with E-state index in [2.05, 4.69) is 5.32 Å². The van der Waals surface area contributed by atoms with Gasteiger partial charge in [0.05, 0.1) is 6.61 Å². The summed E-state index contributed by atoms with van der Waals surface area (Å²) in [6, 6.07) is 0.128. The Bertz CT molecular complexity index is 299. The summed E-state index contributed by atoms with van der Waals surface area (Å²) in [5, 5.41) is 2.99. The van der Waals surface area contributed by atoms with Crippen LogP contribution in [-0.4, -0.2) is 31.2 Å². The maximum absolute atomic E-state index is 11.8. The molecule has 0 bridgehead atoms. The summed E-state index contributed by atoms with van der Waals surface area (Å²) in [5.74, 6) is 1.38. The van der Waals surface area contributed by atoms with Crippen molar-refractivity contribution in [2.45, 2.75) is 70.4 Å². The molecule has 2 aliphatic carbocycles. The van der Waals surface area contributed by atoms with E-state index >= 15 is 0 Å². The molecular formula is C16H30N2O2. The zero-order chi connectivity index (χ0) is 14.4. The Balaban J connectivity index is 1.52. The smallest absolute Gasteiger partial charge is 0.221 e. The van der Waals surface area contributed by atoms with Crippen LogP contribution in [0, 0.1) is 11.8 Å². The Morgan fingerprint density at radius 1 is 1.25 bits per heavy atom. The molecule has 2 saturated carbocycles. The SMILES string of the molecule is CC(COCC1CCCCC1)NC(=O)CC(N)C1CC1. The highest BCUT2D eigenvalue weighted by atomic mass is 16.5. The van der Waals surface area contributed by atoms with Crippen LogP contribution in [-0.2, 0) is 9.53 Å². The third kappa shape index (κ3) is 5.80. The molecule has 0 aliphatic heterocycles. The molecule has 0 saturated heterocycles. The van der Waals surface area contributed by atoms with Gasteiger partial charge in [-0.25, -0.2) is 0 Å². The summed E-state index contributed by atoms with van der Waals surface area (Å²) in [7, 11) is 0. The second kappa shape index (κ2) is 7.99. The second-order valence-electron chi connectivity index (χ2n) is 6.72. The maximum Gasteiger partial charge on any atom is 0.221 e. The number of hydrogen-bond acceptors (Lipinski definition) is 3. The lowest BCUT2D eigenvalue weighted by molar-refractivity contribution is -0.122. The highest BCUT2D eigenvalue weighted by Gasteiger charge is 2.29. The first-order chi connectivity index (χ1) is 9.65. The first-order valence-corrected chi connectivity index (χ1v) is 8.28. The summed E-state index contributed by atoms with van der Waals surface area (Å²) >= 11 is 0. The van der Waals surface area contributed by atoms with E-state index < -0.39 is 0 Å². The summed E-state index contributed by atoms with van der Waals surface area (Å²) in [6.45, 7) is 3.46. The molecule has 0 heterocycles. The van der Waals surface area contributed by atoms with Crippen LogP contribution in [0.4, 0.5) is 0 Å². The monoisotopic (exact) mass is 282 g/mol. The first kappa shape index (κ1) is 15.8. The van der Waals surface area contributed by atoms with Crippen LogP contribution in [0.15, 0.2) is 0 Å². The molecular weight excluding hydrogens is 252 g/mol. The van der Waals surface area contributed by atoms with Crippen LogP contribution in [0.25, 0.3) is 0 Å². The van der Waals surface area contributed by atoms with Crippen LogP contribution >= 0.6 is 0 Å². The van der Waals surface area contributed by atoms with Gasteiger partial charge in [-0.1, -0.05) is 19.3 Å². The Labute approximate surface area is 122 Å². The Kier molecular flexibility index (Phi) is 6.30. The van der Waals surface area contributed by atoms with E-state index in [9.17, 15) is 4.79 Å². The standard InChI is InChI=1S/C16H30N2O2/c1-12(10-20-11-13-5-3-2-4-6-13)18-16(19)9-15(17)14-7-8-14/h12-15H,2-11,17H2,1H3,(H,18,19). The van der Waals surface area contributed by atoms with E-state index in [0.717, 1.165) is 12.5 Å². The van der Waals surface area contributed by atoms with Crippen molar-refractivity contribution in [3.8, 4) is 0 Å². The molecule has 3 N–H and O–H groups in total. The van der Waals surface area contributed by atoms with Gasteiger partial charge in [-0.15, -0.1) is 0 Å². The van der Waals surface area contributed by atoms with Gasteiger partial charge in [-0.05, 0) is 44.4 Å². The van der Waals surface area contributed by atoms with Crippen LogP contribution in [0.5, 0.6) is 0 Å². The first-order valence-electron chi connectivity index (χ1n) is 8.28. The van der Waals surface area contributed by atoms with E-state index in [1.54, 1.807) is 0 Å². The highest BCUT2D eigenvalue weighted by molar-refractivity contribution is 5.76. The van der Waals surface area contributed by atoms with Crippen LogP contribution in [0.2, 0.25) is 0 Å². The molecule has 0 radical (unpaired) electrons. The van der Waals surface area contributed by atoms with E-state index in [0.29, 0.717) is 18.9 Å². The molecule has 2 atom stereocenters. The number of carbonyl (C=O) groups is 1. The van der Waals surface area contributed by atoms with Gasteiger partial charge in [0.15, 0.2) is 0 Å². The number of nitrogens with one attached hydrogen (secondary N) is 1. The molecule has 20 heavy (non-hydrogen) atoms. The topological polar surface area (TPSA) is 64.3 Å². The van der Waals surface area contributed by atoms with Gasteiger partial charge >= 0.3 is 0 Å². The van der Waals surface area contributed by atoms with Crippen molar-refractivity contribution in [1.29, 1.82) is 0 Å². The van der Waals surface area contributed by atoms with Crippen molar-refractivity contribution in [2.24, 2.45) is 17.6 Å². The second-order valence-corrected chi connectivity index (χ2v) is 6.72. The molecule has 2 aliphatic rings. The molecule has 116 valence electrons. The minimum Gasteiger partial charge on any atom is -0.379 e. The number of nitrogens with two attached hydrogens (primary N) is 1. The normalized spacial score (nSPS) is 23.3. The predicted molar refractivity (Wildman–Crippen MR) is 80.3 cm³/mol. The fourth-order valence-corrected chi connectivity index (χ4v) is 3.05. The van der Waals surface area contributed by atoms with Gasteiger partial charge in [0.25, 0.3) is 0 Å². The zero-order valence-corrected chi connectivity index (χ0v) is 12.8. The fourth-order valence-electron chi connectivity index (χ4n) is 3.05. The van der Waals surface area contributed by atoms with Crippen molar-refractivity contribution in [2.75, 3.05) is 13.2 Å². The fraction of sp³-hybridized carbons (Fsp3) is 0.938. The van der Waals surface area contributed by atoms with Crippen molar-refractivity contribution in [1.82, 2.24) is 5.32 Å². The van der Waals surface area contributed by atoms with Crippen LogP contribution in [0.1, 0.15) is 58.3 Å². The summed E-state index contributed by atoms with van der Waals surface area (Å²) in [6.07, 6.45) is 9.51. The number of hydrogen-bond donors (Lipinski definition) is 2. The third-order valence-corrected chi connectivity index (χ3v) is 4.50. The Hall–Kier alpha value is -0.610. The lowest BCUT2D eigenvalue weighted by Crippen LogP contribution is -2.39. The molecule has 0 spiro atoms. The molecule has 0 aromatic heterocycles. The molecule has 4 heteroatoms. The zero-order valence-electron chi connectivity index (χ0n) is 12.8. The average Bonchev–Trinajstić information content (AvgIpc) is 3.24. The number of carbonyl (C=O) groups excluding carboxylic acids is 1. The molecule has 2 fully saturated rings. The van der Waals surface area contributed by atoms with E-state index in [-0.39, 0.29) is 18.0 Å². The summed E-state index contributed by atoms with van der Waals surface area (Å²) in [5.41, 5.74) is 5.96. The van der Waals surface area contributed by atoms with Gasteiger partial charge in [0.2, 0.25) is 5.91 Å². The molecule has 2 rings (SSSR count). The minimum absolute atomic E-state index is 0.0466. The maximum atomic E-state index is 11.8. The van der Waals surface area contributed by atoms with Crippen molar-refractivity contribution in [3.05, 3.63) is 0 Å². The van der Waals surface area contributed by atoms with Gasteiger partial charge in [-0.3, -0.25) is 4.79 Å². The van der Waals surface area contributed by atoms with E-state index in [1.807, 2.05) is 6.92 Å². The molecule has 1 amide bonds. The summed E-state index contributed by atoms with van der Waals surface area (Å²) in [4.78, 5) is 11.8. The van der Waals surface area contributed by atoms with Crippen LogP contribution in [0.3, 0.4) is 0 Å². The number of amides is 1. The predicted octanol–water partition coefficient (Wildman–Crippen LogP) is 2.22. The van der Waals surface area contributed by atoms with Crippen molar-refractivity contribution in [3.63, 3.8) is 0 Å². The van der Waals surface area contributed by atoms with Gasteiger partial charge < -0.3 is 15.8 Å². The van der Waals surface area contributed by atoms with E-state index in [1.165, 1.54) is 44.9 Å². The number of rotatable bonds is 8. The third-order valence-electron chi connectivity index (χ3n) is 4.50. The average molecular weight is 282 g/mol. The minimum atomic E-state index is 0.0466. The largest absolute Gasteiger partial charge is 0.379 e. The van der Waals surface area contributed by atoms with Gasteiger partial charge in [0, 0.05) is 25.1 Å². The molecule has 4 nitrogen and oxygen atoms in total. The van der Waals surface area contributed by atoms with Gasteiger partial charge in [-0.2, -0.15) is 0 Å². The highest BCUT2D eigenvalue weighted by Crippen LogP contribution is 2.32. The molecule has 0 aromatic rings. The van der Waals surface area contributed by atoms with Crippen molar-refractivity contribution < 1.29 is 9.53 Å². The van der Waals surface area contributed by atoms with Crippen LogP contribution < -0.4 is 11.1 Å². The Morgan fingerprint density at radius 2 is 1.95 bits per heavy atom. The van der Waals surface area contributed by atoms with Crippen molar-refractivity contribution >= 4 is 5.91 Å². The summed E-state index contributed by atoms with van der Waals surface area (Å²) < 4.78 is 5.75. The molecule has 0 aromatic carbocycles. The Morgan fingerprint density at radius 3 is 2.60 bits per heavy atom. The lowest BCUT2D eigenvalue weighted by Gasteiger charge is -2.22. The lowest BCUT2D eigenvalue weighted by atomic mass is 9.90. The number of ether oxygens (including phenoxy) is 1. The molecule has 2 unspecified atom stereocenters. The van der Waals surface area contributed by atoms with Gasteiger partial charge in [0.1, 0.15) is 0 Å².